The van der Waals surface area contributed by atoms with Crippen molar-refractivity contribution >= 4 is 11.9 Å². The molecule has 0 bridgehead atoms. The van der Waals surface area contributed by atoms with E-state index in [1.54, 1.807) is 24.3 Å². The molecule has 4 heteroatoms. The molecule has 2 aromatic carbocycles. The van der Waals surface area contributed by atoms with Gasteiger partial charge < -0.3 is 9.47 Å². The lowest BCUT2D eigenvalue weighted by Crippen LogP contribution is -2.42. The number of para-hydroxylation sites is 1. The SMILES string of the molecule is CC(C)(C)OC(=O)C1(c2ccc(C(=O)Oc3ccccc3)cc2)CCCCC1. The third kappa shape index (κ3) is 4.61. The Bertz CT molecular complexity index is 810. The average Bonchev–Trinajstić information content (AvgIpc) is 2.68. The third-order valence-electron chi connectivity index (χ3n) is 5.12. The van der Waals surface area contributed by atoms with Gasteiger partial charge in [-0.3, -0.25) is 4.79 Å². The van der Waals surface area contributed by atoms with Gasteiger partial charge in [0.15, 0.2) is 0 Å². The summed E-state index contributed by atoms with van der Waals surface area (Å²) in [6.07, 6.45) is 4.67. The number of ether oxygens (including phenoxy) is 2. The first kappa shape index (κ1) is 20.1. The normalized spacial score (nSPS) is 16.2. The van der Waals surface area contributed by atoms with Gasteiger partial charge >= 0.3 is 11.9 Å². The predicted octanol–water partition coefficient (Wildman–Crippen LogP) is 5.45. The molecule has 1 aliphatic rings. The molecule has 3 rings (SSSR count). The van der Waals surface area contributed by atoms with E-state index >= 15 is 0 Å². The summed E-state index contributed by atoms with van der Waals surface area (Å²) in [4.78, 5) is 25.5. The molecule has 0 atom stereocenters. The quantitative estimate of drug-likeness (QED) is 0.523. The van der Waals surface area contributed by atoms with Gasteiger partial charge in [-0.05, 0) is 63.4 Å². The Labute approximate surface area is 166 Å². The second-order valence-electron chi connectivity index (χ2n) is 8.42. The van der Waals surface area contributed by atoms with E-state index in [1.165, 1.54) is 0 Å². The summed E-state index contributed by atoms with van der Waals surface area (Å²) in [5, 5.41) is 0. The Balaban J connectivity index is 1.82. The lowest BCUT2D eigenvalue weighted by Gasteiger charge is -2.37. The number of carbonyl (C=O) groups is 2. The molecule has 0 heterocycles. The van der Waals surface area contributed by atoms with Crippen LogP contribution in [0, 0.1) is 0 Å². The lowest BCUT2D eigenvalue weighted by molar-refractivity contribution is -0.163. The largest absolute Gasteiger partial charge is 0.459 e. The Hall–Kier alpha value is -2.62. The molecule has 0 aliphatic heterocycles. The first-order valence-corrected chi connectivity index (χ1v) is 9.91. The zero-order valence-corrected chi connectivity index (χ0v) is 16.9. The van der Waals surface area contributed by atoms with Gasteiger partial charge in [-0.25, -0.2) is 4.79 Å². The molecule has 0 spiro atoms. The van der Waals surface area contributed by atoms with Crippen LogP contribution in [-0.2, 0) is 14.9 Å². The molecular weight excluding hydrogens is 352 g/mol. The molecule has 0 amide bonds. The Morgan fingerprint density at radius 1 is 0.857 bits per heavy atom. The highest BCUT2D eigenvalue weighted by atomic mass is 16.6. The zero-order valence-electron chi connectivity index (χ0n) is 16.9. The van der Waals surface area contributed by atoms with Crippen LogP contribution >= 0.6 is 0 Å². The second-order valence-corrected chi connectivity index (χ2v) is 8.42. The van der Waals surface area contributed by atoms with Crippen molar-refractivity contribution in [2.24, 2.45) is 0 Å². The van der Waals surface area contributed by atoms with Crippen molar-refractivity contribution in [2.75, 3.05) is 0 Å². The monoisotopic (exact) mass is 380 g/mol. The molecule has 1 fully saturated rings. The van der Waals surface area contributed by atoms with Crippen molar-refractivity contribution in [3.8, 4) is 5.75 Å². The van der Waals surface area contributed by atoms with Crippen LogP contribution in [0.3, 0.4) is 0 Å². The average molecular weight is 380 g/mol. The maximum Gasteiger partial charge on any atom is 0.343 e. The van der Waals surface area contributed by atoms with Gasteiger partial charge in [0, 0.05) is 0 Å². The van der Waals surface area contributed by atoms with Crippen LogP contribution in [0.5, 0.6) is 5.75 Å². The topological polar surface area (TPSA) is 52.6 Å². The summed E-state index contributed by atoms with van der Waals surface area (Å²) in [5.41, 5.74) is 0.217. The first-order chi connectivity index (χ1) is 13.3. The molecule has 148 valence electrons. The molecule has 0 radical (unpaired) electrons. The highest BCUT2D eigenvalue weighted by Crippen LogP contribution is 2.41. The molecular formula is C24H28O4. The van der Waals surface area contributed by atoms with Crippen molar-refractivity contribution < 1.29 is 19.1 Å². The van der Waals surface area contributed by atoms with Gasteiger partial charge in [0.25, 0.3) is 0 Å². The van der Waals surface area contributed by atoms with Crippen LogP contribution in [0.4, 0.5) is 0 Å². The summed E-state index contributed by atoms with van der Waals surface area (Å²) in [6, 6.07) is 16.2. The fourth-order valence-corrected chi connectivity index (χ4v) is 3.72. The van der Waals surface area contributed by atoms with Gasteiger partial charge in [0.2, 0.25) is 0 Å². The number of hydrogen-bond donors (Lipinski definition) is 0. The van der Waals surface area contributed by atoms with Crippen LogP contribution in [0.1, 0.15) is 68.8 Å². The minimum atomic E-state index is -0.632. The minimum absolute atomic E-state index is 0.167. The van der Waals surface area contributed by atoms with Crippen LogP contribution in [0.15, 0.2) is 54.6 Å². The van der Waals surface area contributed by atoms with Crippen LogP contribution in [0.25, 0.3) is 0 Å². The molecule has 0 aromatic heterocycles. The Kier molecular flexibility index (Phi) is 5.87. The van der Waals surface area contributed by atoms with E-state index in [1.807, 2.05) is 51.1 Å². The van der Waals surface area contributed by atoms with Crippen molar-refractivity contribution in [1.82, 2.24) is 0 Å². The predicted molar refractivity (Wildman–Crippen MR) is 108 cm³/mol. The van der Waals surface area contributed by atoms with Gasteiger partial charge in [-0.15, -0.1) is 0 Å². The van der Waals surface area contributed by atoms with E-state index < -0.39 is 17.0 Å². The summed E-state index contributed by atoms with van der Waals surface area (Å²) in [5.74, 6) is -0.0684. The van der Waals surface area contributed by atoms with Crippen molar-refractivity contribution in [2.45, 2.75) is 63.9 Å². The number of benzene rings is 2. The molecule has 2 aromatic rings. The fraction of sp³-hybridized carbons (Fsp3) is 0.417. The molecule has 1 aliphatic carbocycles. The highest BCUT2D eigenvalue weighted by molar-refractivity contribution is 5.91. The minimum Gasteiger partial charge on any atom is -0.459 e. The number of hydrogen-bond acceptors (Lipinski definition) is 4. The summed E-state index contributed by atoms with van der Waals surface area (Å²) < 4.78 is 11.2. The second kappa shape index (κ2) is 8.17. The maximum absolute atomic E-state index is 13.1. The van der Waals surface area contributed by atoms with Crippen molar-refractivity contribution in [1.29, 1.82) is 0 Å². The molecule has 0 N–H and O–H groups in total. The van der Waals surface area contributed by atoms with Gasteiger partial charge in [-0.1, -0.05) is 49.6 Å². The van der Waals surface area contributed by atoms with E-state index in [-0.39, 0.29) is 5.97 Å². The number of rotatable bonds is 4. The van der Waals surface area contributed by atoms with Gasteiger partial charge in [0.05, 0.1) is 11.0 Å². The van der Waals surface area contributed by atoms with E-state index in [0.717, 1.165) is 37.7 Å². The van der Waals surface area contributed by atoms with Gasteiger partial charge in [0.1, 0.15) is 11.4 Å². The molecule has 28 heavy (non-hydrogen) atoms. The van der Waals surface area contributed by atoms with E-state index in [2.05, 4.69) is 0 Å². The first-order valence-electron chi connectivity index (χ1n) is 9.91. The van der Waals surface area contributed by atoms with Gasteiger partial charge in [-0.2, -0.15) is 0 Å². The maximum atomic E-state index is 13.1. The number of carbonyl (C=O) groups excluding carboxylic acids is 2. The number of esters is 2. The highest BCUT2D eigenvalue weighted by Gasteiger charge is 2.44. The molecule has 0 unspecified atom stereocenters. The van der Waals surface area contributed by atoms with Crippen LogP contribution in [-0.4, -0.2) is 17.5 Å². The van der Waals surface area contributed by atoms with Crippen molar-refractivity contribution in [3.63, 3.8) is 0 Å². The smallest absolute Gasteiger partial charge is 0.343 e. The molecule has 0 saturated heterocycles. The fourth-order valence-electron chi connectivity index (χ4n) is 3.72. The summed E-state index contributed by atoms with van der Waals surface area (Å²) in [6.45, 7) is 5.68. The van der Waals surface area contributed by atoms with Crippen molar-refractivity contribution in [3.05, 3.63) is 65.7 Å². The van der Waals surface area contributed by atoms with Crippen LogP contribution < -0.4 is 4.74 Å². The Morgan fingerprint density at radius 3 is 2.04 bits per heavy atom. The van der Waals surface area contributed by atoms with E-state index in [4.69, 9.17) is 9.47 Å². The zero-order chi connectivity index (χ0) is 20.2. The standard InChI is InChI=1S/C24H28O4/c1-23(2,3)28-22(26)24(16-8-5-9-17-24)19-14-12-18(13-15-19)21(25)27-20-10-6-4-7-11-20/h4,6-7,10-15H,5,8-9,16-17H2,1-3H3. The van der Waals surface area contributed by atoms with E-state index in [9.17, 15) is 9.59 Å². The lowest BCUT2D eigenvalue weighted by atomic mass is 9.69. The third-order valence-corrected chi connectivity index (χ3v) is 5.12. The summed E-state index contributed by atoms with van der Waals surface area (Å²) >= 11 is 0. The Morgan fingerprint density at radius 2 is 1.46 bits per heavy atom. The summed E-state index contributed by atoms with van der Waals surface area (Å²) in [7, 11) is 0. The van der Waals surface area contributed by atoms with Crippen LogP contribution in [0.2, 0.25) is 0 Å². The molecule has 1 saturated carbocycles. The van der Waals surface area contributed by atoms with E-state index in [0.29, 0.717) is 11.3 Å². The molecule has 4 nitrogen and oxygen atoms in total.